The first-order chi connectivity index (χ1) is 11.0. The van der Waals surface area contributed by atoms with Crippen molar-refractivity contribution in [2.45, 2.75) is 25.7 Å². The molecule has 0 bridgehead atoms. The average molecular weight is 309 g/mol. The normalized spacial score (nSPS) is 19.7. The highest BCUT2D eigenvalue weighted by Gasteiger charge is 2.50. The summed E-state index contributed by atoms with van der Waals surface area (Å²) in [5.74, 6) is -0.263. The van der Waals surface area contributed by atoms with Gasteiger partial charge in [0.1, 0.15) is 11.2 Å². The van der Waals surface area contributed by atoms with Crippen molar-refractivity contribution in [3.8, 4) is 0 Å². The number of halogens is 1. The van der Waals surface area contributed by atoms with Crippen molar-refractivity contribution in [2.75, 3.05) is 11.9 Å². The zero-order valence-corrected chi connectivity index (χ0v) is 13.6. The highest BCUT2D eigenvalue weighted by Crippen LogP contribution is 2.48. The number of rotatable bonds is 3. The summed E-state index contributed by atoms with van der Waals surface area (Å²) in [5, 5.41) is 0. The molecule has 3 heteroatoms. The molecule has 2 nitrogen and oxygen atoms in total. The van der Waals surface area contributed by atoms with Gasteiger partial charge in [-0.1, -0.05) is 42.0 Å². The van der Waals surface area contributed by atoms with Gasteiger partial charge >= 0.3 is 0 Å². The SMILES string of the molecule is CC(C)=CCC1(c2ccc(F)cc2)C(=O)N(C)c2ccccc21. The number of likely N-dealkylation sites (N-methyl/N-ethyl adjacent to an activating group) is 1. The molecule has 0 spiro atoms. The van der Waals surface area contributed by atoms with Crippen molar-refractivity contribution in [3.05, 3.63) is 77.1 Å². The lowest BCUT2D eigenvalue weighted by Gasteiger charge is -2.28. The zero-order chi connectivity index (χ0) is 16.6. The lowest BCUT2D eigenvalue weighted by Crippen LogP contribution is -2.39. The molecule has 23 heavy (non-hydrogen) atoms. The quantitative estimate of drug-likeness (QED) is 0.767. The minimum atomic E-state index is -0.781. The van der Waals surface area contributed by atoms with E-state index < -0.39 is 5.41 Å². The van der Waals surface area contributed by atoms with E-state index in [9.17, 15) is 9.18 Å². The summed E-state index contributed by atoms with van der Waals surface area (Å²) < 4.78 is 13.4. The van der Waals surface area contributed by atoms with Crippen LogP contribution in [0, 0.1) is 5.82 Å². The molecule has 0 saturated carbocycles. The van der Waals surface area contributed by atoms with Crippen LogP contribution in [0.5, 0.6) is 0 Å². The monoisotopic (exact) mass is 309 g/mol. The largest absolute Gasteiger partial charge is 0.314 e. The third kappa shape index (κ3) is 2.37. The topological polar surface area (TPSA) is 20.3 Å². The summed E-state index contributed by atoms with van der Waals surface area (Å²) in [5.41, 5.74) is 3.11. The molecule has 1 unspecified atom stereocenters. The van der Waals surface area contributed by atoms with Crippen molar-refractivity contribution in [3.63, 3.8) is 0 Å². The molecule has 118 valence electrons. The molecule has 1 aliphatic rings. The smallest absolute Gasteiger partial charge is 0.242 e. The van der Waals surface area contributed by atoms with Crippen LogP contribution in [-0.2, 0) is 10.2 Å². The van der Waals surface area contributed by atoms with Gasteiger partial charge in [-0.3, -0.25) is 4.79 Å². The highest BCUT2D eigenvalue weighted by molar-refractivity contribution is 6.10. The Labute approximate surface area is 136 Å². The molecule has 3 rings (SSSR count). The van der Waals surface area contributed by atoms with Crippen molar-refractivity contribution < 1.29 is 9.18 Å². The second-order valence-corrected chi connectivity index (χ2v) is 6.28. The minimum absolute atomic E-state index is 0.0304. The first kappa shape index (κ1) is 15.5. The summed E-state index contributed by atoms with van der Waals surface area (Å²) in [7, 11) is 1.80. The number of amides is 1. The molecule has 0 saturated heterocycles. The third-order valence-corrected chi connectivity index (χ3v) is 4.55. The Morgan fingerprint density at radius 3 is 2.43 bits per heavy atom. The Bertz CT molecular complexity index is 774. The lowest BCUT2D eigenvalue weighted by atomic mass is 9.72. The molecule has 1 heterocycles. The number of anilines is 1. The van der Waals surface area contributed by atoms with E-state index in [1.165, 1.54) is 12.1 Å². The molecular formula is C20H20FNO. The molecule has 1 aliphatic heterocycles. The summed E-state index contributed by atoms with van der Waals surface area (Å²) in [6.07, 6.45) is 2.65. The minimum Gasteiger partial charge on any atom is -0.314 e. The Balaban J connectivity index is 2.26. The number of hydrogen-bond acceptors (Lipinski definition) is 1. The number of fused-ring (bicyclic) bond motifs is 1. The molecule has 0 aliphatic carbocycles. The standard InChI is InChI=1S/C20H20FNO/c1-14(2)12-13-20(15-8-10-16(21)11-9-15)17-6-4-5-7-18(17)22(3)19(20)23/h4-12H,13H2,1-3H3. The molecule has 2 aromatic rings. The summed E-state index contributed by atoms with van der Waals surface area (Å²) in [6.45, 7) is 4.04. The van der Waals surface area contributed by atoms with Gasteiger partial charge in [0.25, 0.3) is 0 Å². The zero-order valence-electron chi connectivity index (χ0n) is 13.6. The van der Waals surface area contributed by atoms with Crippen LogP contribution in [0.3, 0.4) is 0 Å². The third-order valence-electron chi connectivity index (χ3n) is 4.55. The Morgan fingerprint density at radius 2 is 1.78 bits per heavy atom. The first-order valence-corrected chi connectivity index (χ1v) is 7.74. The van der Waals surface area contributed by atoms with Crippen molar-refractivity contribution in [2.24, 2.45) is 0 Å². The molecule has 1 amide bonds. The fourth-order valence-electron chi connectivity index (χ4n) is 3.32. The predicted molar refractivity (Wildman–Crippen MR) is 91.1 cm³/mol. The fraction of sp³-hybridized carbons (Fsp3) is 0.250. The first-order valence-electron chi connectivity index (χ1n) is 7.74. The van der Waals surface area contributed by atoms with E-state index in [1.807, 2.05) is 38.1 Å². The van der Waals surface area contributed by atoms with Gasteiger partial charge < -0.3 is 4.90 Å². The Morgan fingerprint density at radius 1 is 1.13 bits per heavy atom. The van der Waals surface area contributed by atoms with E-state index in [-0.39, 0.29) is 11.7 Å². The maximum atomic E-state index is 13.4. The van der Waals surface area contributed by atoms with Crippen LogP contribution >= 0.6 is 0 Å². The lowest BCUT2D eigenvalue weighted by molar-refractivity contribution is -0.121. The van der Waals surface area contributed by atoms with Crippen LogP contribution in [-0.4, -0.2) is 13.0 Å². The number of benzene rings is 2. The van der Waals surface area contributed by atoms with Crippen LogP contribution in [0.4, 0.5) is 10.1 Å². The van der Waals surface area contributed by atoms with Gasteiger partial charge in [-0.25, -0.2) is 4.39 Å². The van der Waals surface area contributed by atoms with E-state index in [4.69, 9.17) is 0 Å². The Kier molecular flexibility index (Phi) is 3.80. The van der Waals surface area contributed by atoms with E-state index in [0.717, 1.165) is 22.4 Å². The molecule has 0 aromatic heterocycles. The van der Waals surface area contributed by atoms with Gasteiger partial charge in [-0.05, 0) is 49.6 Å². The van der Waals surface area contributed by atoms with Crippen LogP contribution in [0.15, 0.2) is 60.2 Å². The van der Waals surface area contributed by atoms with E-state index in [0.29, 0.717) is 6.42 Å². The van der Waals surface area contributed by atoms with Crippen LogP contribution in [0.1, 0.15) is 31.4 Å². The fourth-order valence-corrected chi connectivity index (χ4v) is 3.32. The predicted octanol–water partition coefficient (Wildman–Crippen LogP) is 4.44. The summed E-state index contributed by atoms with van der Waals surface area (Å²) >= 11 is 0. The van der Waals surface area contributed by atoms with Gasteiger partial charge in [0.15, 0.2) is 0 Å². The second-order valence-electron chi connectivity index (χ2n) is 6.28. The number of carbonyl (C=O) groups is 1. The molecule has 0 fully saturated rings. The molecule has 2 aromatic carbocycles. The maximum Gasteiger partial charge on any atom is 0.242 e. The van der Waals surface area contributed by atoms with Gasteiger partial charge in [0.2, 0.25) is 5.91 Å². The number of carbonyl (C=O) groups excluding carboxylic acids is 1. The van der Waals surface area contributed by atoms with E-state index >= 15 is 0 Å². The second kappa shape index (κ2) is 5.65. The number of para-hydroxylation sites is 1. The van der Waals surface area contributed by atoms with Crippen molar-refractivity contribution >= 4 is 11.6 Å². The molecule has 1 atom stereocenters. The van der Waals surface area contributed by atoms with Gasteiger partial charge in [0, 0.05) is 12.7 Å². The van der Waals surface area contributed by atoms with Crippen molar-refractivity contribution in [1.29, 1.82) is 0 Å². The van der Waals surface area contributed by atoms with Crippen LogP contribution in [0.2, 0.25) is 0 Å². The molecule has 0 N–H and O–H groups in total. The molecule has 0 radical (unpaired) electrons. The van der Waals surface area contributed by atoms with Crippen LogP contribution in [0.25, 0.3) is 0 Å². The number of allylic oxidation sites excluding steroid dienone is 2. The number of hydrogen-bond donors (Lipinski definition) is 0. The van der Waals surface area contributed by atoms with Crippen molar-refractivity contribution in [1.82, 2.24) is 0 Å². The van der Waals surface area contributed by atoms with Gasteiger partial charge in [0.05, 0.1) is 0 Å². The van der Waals surface area contributed by atoms with E-state index in [2.05, 4.69) is 6.08 Å². The maximum absolute atomic E-state index is 13.4. The Hall–Kier alpha value is -2.42. The van der Waals surface area contributed by atoms with E-state index in [1.54, 1.807) is 24.1 Å². The molecular weight excluding hydrogens is 289 g/mol. The van der Waals surface area contributed by atoms with Gasteiger partial charge in [-0.2, -0.15) is 0 Å². The summed E-state index contributed by atoms with van der Waals surface area (Å²) in [6, 6.07) is 14.1. The summed E-state index contributed by atoms with van der Waals surface area (Å²) in [4.78, 5) is 14.9. The number of nitrogens with zero attached hydrogens (tertiary/aromatic N) is 1. The highest BCUT2D eigenvalue weighted by atomic mass is 19.1. The van der Waals surface area contributed by atoms with Gasteiger partial charge in [-0.15, -0.1) is 0 Å². The van der Waals surface area contributed by atoms with Crippen LogP contribution < -0.4 is 4.90 Å². The average Bonchev–Trinajstić information content (AvgIpc) is 2.76.